The number of rotatable bonds is 7. The minimum absolute atomic E-state index is 0.0254. The summed E-state index contributed by atoms with van der Waals surface area (Å²) in [4.78, 5) is 4.22. The molecule has 0 saturated carbocycles. The van der Waals surface area contributed by atoms with Gasteiger partial charge in [0.1, 0.15) is 5.76 Å². The van der Waals surface area contributed by atoms with Crippen LogP contribution in [0.1, 0.15) is 31.2 Å². The van der Waals surface area contributed by atoms with Gasteiger partial charge in [0.05, 0.1) is 17.6 Å². The van der Waals surface area contributed by atoms with Crippen LogP contribution < -0.4 is 10.5 Å². The van der Waals surface area contributed by atoms with E-state index in [4.69, 9.17) is 10.2 Å². The fourth-order valence-electron chi connectivity index (χ4n) is 1.97. The van der Waals surface area contributed by atoms with Crippen LogP contribution in [0.25, 0.3) is 0 Å². The van der Waals surface area contributed by atoms with E-state index in [-0.39, 0.29) is 11.4 Å². The lowest BCUT2D eigenvalue weighted by molar-refractivity contribution is 0.452. The van der Waals surface area contributed by atoms with Gasteiger partial charge in [-0.15, -0.1) is 0 Å². The van der Waals surface area contributed by atoms with Crippen LogP contribution >= 0.6 is 0 Å². The summed E-state index contributed by atoms with van der Waals surface area (Å²) >= 11 is 0. The van der Waals surface area contributed by atoms with E-state index in [9.17, 15) is 8.42 Å². The van der Waals surface area contributed by atoms with Crippen molar-refractivity contribution in [2.24, 2.45) is 5.73 Å². The minimum Gasteiger partial charge on any atom is -0.444 e. The Balaban J connectivity index is 2.12. The molecular weight excluding hydrogens is 292 g/mol. The lowest BCUT2D eigenvalue weighted by atomic mass is 10.4. The zero-order chi connectivity index (χ0) is 15.5. The van der Waals surface area contributed by atoms with Gasteiger partial charge in [0.2, 0.25) is 15.9 Å². The van der Waals surface area contributed by atoms with Gasteiger partial charge in [0.15, 0.2) is 0 Å². The van der Waals surface area contributed by atoms with Crippen LogP contribution in [0.3, 0.4) is 0 Å². The van der Waals surface area contributed by atoms with Crippen molar-refractivity contribution in [2.45, 2.75) is 44.8 Å². The summed E-state index contributed by atoms with van der Waals surface area (Å²) in [7, 11) is -3.60. The van der Waals surface area contributed by atoms with Crippen LogP contribution in [-0.2, 0) is 36.1 Å². The van der Waals surface area contributed by atoms with E-state index in [0.717, 1.165) is 17.9 Å². The predicted octanol–water partition coefficient (Wildman–Crippen LogP) is 0.996. The first-order valence-corrected chi connectivity index (χ1v) is 8.30. The molecular formula is C13H20N4O3S. The lowest BCUT2D eigenvalue weighted by Crippen LogP contribution is -2.23. The summed E-state index contributed by atoms with van der Waals surface area (Å²) in [5.74, 6) is 1.08. The average molecular weight is 312 g/mol. The second-order valence-electron chi connectivity index (χ2n) is 4.56. The molecule has 21 heavy (non-hydrogen) atoms. The summed E-state index contributed by atoms with van der Waals surface area (Å²) in [6, 6.07) is 1.58. The van der Waals surface area contributed by atoms with Crippen molar-refractivity contribution >= 4 is 10.0 Å². The third-order valence-electron chi connectivity index (χ3n) is 3.18. The zero-order valence-corrected chi connectivity index (χ0v) is 13.0. The highest BCUT2D eigenvalue weighted by atomic mass is 32.2. The molecule has 2 heterocycles. The summed E-state index contributed by atoms with van der Waals surface area (Å²) < 4.78 is 34.2. The number of aryl methyl sites for hydroxylation is 2. The number of sulfonamides is 1. The topological polar surface area (TPSA) is 103 Å². The van der Waals surface area contributed by atoms with Gasteiger partial charge >= 0.3 is 0 Å². The first-order chi connectivity index (χ1) is 10.00. The Morgan fingerprint density at radius 2 is 2.19 bits per heavy atom. The maximum absolute atomic E-state index is 12.2. The van der Waals surface area contributed by atoms with Gasteiger partial charge in [0, 0.05) is 31.4 Å². The normalized spacial score (nSPS) is 12.0. The largest absolute Gasteiger partial charge is 0.444 e. The van der Waals surface area contributed by atoms with E-state index in [1.807, 2.05) is 18.4 Å². The molecule has 116 valence electrons. The number of nitrogens with two attached hydrogens (primary N) is 1. The third kappa shape index (κ3) is 3.52. The van der Waals surface area contributed by atoms with Gasteiger partial charge < -0.3 is 14.7 Å². The highest BCUT2D eigenvalue weighted by Gasteiger charge is 2.18. The third-order valence-corrected chi connectivity index (χ3v) is 4.55. The fraction of sp³-hybridized carbons (Fsp3) is 0.462. The Hall–Kier alpha value is -1.64. The van der Waals surface area contributed by atoms with Crippen LogP contribution in [0, 0.1) is 0 Å². The van der Waals surface area contributed by atoms with Gasteiger partial charge in [-0.05, 0) is 13.0 Å². The van der Waals surface area contributed by atoms with E-state index >= 15 is 0 Å². The maximum atomic E-state index is 12.2. The molecule has 2 aromatic rings. The van der Waals surface area contributed by atoms with Crippen molar-refractivity contribution in [1.29, 1.82) is 0 Å². The number of aromatic nitrogens is 2. The van der Waals surface area contributed by atoms with Gasteiger partial charge in [-0.3, -0.25) is 0 Å². The van der Waals surface area contributed by atoms with E-state index in [1.54, 1.807) is 18.5 Å². The van der Waals surface area contributed by atoms with Gasteiger partial charge in [-0.1, -0.05) is 6.92 Å². The molecule has 0 aliphatic carbocycles. The van der Waals surface area contributed by atoms with Crippen LogP contribution in [-0.4, -0.2) is 18.0 Å². The quantitative estimate of drug-likeness (QED) is 0.793. The fourth-order valence-corrected chi connectivity index (χ4v) is 3.01. The molecule has 0 fully saturated rings. The highest BCUT2D eigenvalue weighted by Crippen LogP contribution is 2.15. The Morgan fingerprint density at radius 1 is 1.43 bits per heavy atom. The Bertz CT molecular complexity index is 681. The van der Waals surface area contributed by atoms with Crippen molar-refractivity contribution in [3.8, 4) is 0 Å². The van der Waals surface area contributed by atoms with Crippen molar-refractivity contribution in [3.63, 3.8) is 0 Å². The van der Waals surface area contributed by atoms with Gasteiger partial charge in [-0.25, -0.2) is 18.1 Å². The Morgan fingerprint density at radius 3 is 2.71 bits per heavy atom. The SMILES string of the molecule is CCc1cnc(CNS(=O)(=O)c2cc(CN)n(CC)c2)o1. The number of hydrogen-bond donors (Lipinski definition) is 2. The van der Waals surface area contributed by atoms with E-state index < -0.39 is 10.0 Å². The Labute approximate surface area is 124 Å². The van der Waals surface area contributed by atoms with Crippen molar-refractivity contribution in [2.75, 3.05) is 0 Å². The number of nitrogens with one attached hydrogen (secondary N) is 1. The average Bonchev–Trinajstić information content (AvgIpc) is 3.11. The monoisotopic (exact) mass is 312 g/mol. The van der Waals surface area contributed by atoms with Crippen LogP contribution in [0.2, 0.25) is 0 Å². The van der Waals surface area contributed by atoms with Crippen molar-refractivity contribution in [3.05, 3.63) is 35.8 Å². The summed E-state index contributed by atoms with van der Waals surface area (Å²) in [5, 5.41) is 0. The molecule has 0 spiro atoms. The molecule has 0 radical (unpaired) electrons. The minimum atomic E-state index is -3.60. The first-order valence-electron chi connectivity index (χ1n) is 6.82. The highest BCUT2D eigenvalue weighted by molar-refractivity contribution is 7.89. The maximum Gasteiger partial charge on any atom is 0.242 e. The predicted molar refractivity (Wildman–Crippen MR) is 77.9 cm³/mol. The van der Waals surface area contributed by atoms with Crippen LogP contribution in [0.15, 0.2) is 27.8 Å². The standard InChI is InChI=1S/C13H20N4O3S/c1-3-11-7-15-13(20-11)8-16-21(18,19)12-5-10(6-14)17(4-2)9-12/h5,7,9,16H,3-4,6,8,14H2,1-2H3. The molecule has 0 aliphatic rings. The molecule has 0 aliphatic heterocycles. The smallest absolute Gasteiger partial charge is 0.242 e. The molecule has 0 amide bonds. The number of oxazole rings is 1. The molecule has 0 unspecified atom stereocenters. The molecule has 2 rings (SSSR count). The first kappa shape index (κ1) is 15.7. The summed E-state index contributed by atoms with van der Waals surface area (Å²) in [6.45, 7) is 4.86. The van der Waals surface area contributed by atoms with Crippen molar-refractivity contribution < 1.29 is 12.8 Å². The lowest BCUT2D eigenvalue weighted by Gasteiger charge is -2.02. The molecule has 3 N–H and O–H groups in total. The second kappa shape index (κ2) is 6.42. The number of nitrogens with zero attached hydrogens (tertiary/aromatic N) is 2. The molecule has 7 nitrogen and oxygen atoms in total. The molecule has 8 heteroatoms. The molecule has 2 aromatic heterocycles. The molecule has 0 saturated heterocycles. The zero-order valence-electron chi connectivity index (χ0n) is 12.2. The summed E-state index contributed by atoms with van der Waals surface area (Å²) in [6.07, 6.45) is 3.90. The molecule has 0 aromatic carbocycles. The Kier molecular flexibility index (Phi) is 4.81. The van der Waals surface area contributed by atoms with Crippen molar-refractivity contribution in [1.82, 2.24) is 14.3 Å². The molecule has 0 atom stereocenters. The van der Waals surface area contributed by atoms with E-state index in [2.05, 4.69) is 9.71 Å². The summed E-state index contributed by atoms with van der Waals surface area (Å²) in [5.41, 5.74) is 6.38. The van der Waals surface area contributed by atoms with Gasteiger partial charge in [0.25, 0.3) is 0 Å². The number of hydrogen-bond acceptors (Lipinski definition) is 5. The van der Waals surface area contributed by atoms with Gasteiger partial charge in [-0.2, -0.15) is 0 Å². The second-order valence-corrected chi connectivity index (χ2v) is 6.32. The van der Waals surface area contributed by atoms with E-state index in [1.165, 1.54) is 0 Å². The van der Waals surface area contributed by atoms with Crippen LogP contribution in [0.5, 0.6) is 0 Å². The molecule has 0 bridgehead atoms. The van der Waals surface area contributed by atoms with E-state index in [0.29, 0.717) is 19.0 Å². The van der Waals surface area contributed by atoms with Crippen LogP contribution in [0.4, 0.5) is 0 Å².